The number of non-ortho nitro benzene ring substituents is 1. The first-order valence-corrected chi connectivity index (χ1v) is 3.99. The van der Waals surface area contributed by atoms with E-state index in [2.05, 4.69) is 0 Å². The molecule has 1 aromatic rings. The minimum Gasteiger partial charge on any atom is -0.366 e. The van der Waals surface area contributed by atoms with Gasteiger partial charge in [-0.05, 0) is 25.0 Å². The van der Waals surface area contributed by atoms with E-state index < -0.39 is 10.8 Å². The highest BCUT2D eigenvalue weighted by Gasteiger charge is 2.14. The van der Waals surface area contributed by atoms with E-state index >= 15 is 0 Å². The number of hydrogen-bond acceptors (Lipinski definition) is 3. The van der Waals surface area contributed by atoms with Crippen LogP contribution >= 0.6 is 0 Å². The van der Waals surface area contributed by atoms with Crippen molar-refractivity contribution in [2.75, 3.05) is 0 Å². The largest absolute Gasteiger partial charge is 0.366 e. The van der Waals surface area contributed by atoms with Crippen LogP contribution in [0.5, 0.6) is 0 Å². The highest BCUT2D eigenvalue weighted by molar-refractivity contribution is 5.96. The molecule has 0 heterocycles. The summed E-state index contributed by atoms with van der Waals surface area (Å²) in [7, 11) is 0. The zero-order valence-electron chi connectivity index (χ0n) is 7.90. The molecule has 0 radical (unpaired) electrons. The third-order valence-corrected chi connectivity index (χ3v) is 1.97. The van der Waals surface area contributed by atoms with Gasteiger partial charge in [0, 0.05) is 17.7 Å². The van der Waals surface area contributed by atoms with Gasteiger partial charge in [0.1, 0.15) is 0 Å². The zero-order chi connectivity index (χ0) is 10.9. The average molecular weight is 194 g/mol. The number of nitrogens with two attached hydrogens (primary N) is 1. The summed E-state index contributed by atoms with van der Waals surface area (Å²) in [6.45, 7) is 3.25. The van der Waals surface area contributed by atoms with Crippen molar-refractivity contribution < 1.29 is 9.72 Å². The molecule has 0 aliphatic heterocycles. The molecule has 1 aromatic carbocycles. The van der Waals surface area contributed by atoms with Gasteiger partial charge in [-0.3, -0.25) is 14.9 Å². The lowest BCUT2D eigenvalue weighted by molar-refractivity contribution is -0.384. The number of rotatable bonds is 2. The fraction of sp³-hybridized carbons (Fsp3) is 0.222. The summed E-state index contributed by atoms with van der Waals surface area (Å²) in [5, 5.41) is 10.5. The fourth-order valence-corrected chi connectivity index (χ4v) is 1.43. The van der Waals surface area contributed by atoms with E-state index in [1.54, 1.807) is 13.8 Å². The number of hydrogen-bond donors (Lipinski definition) is 1. The Balaban J connectivity index is 3.39. The smallest absolute Gasteiger partial charge is 0.270 e. The summed E-state index contributed by atoms with van der Waals surface area (Å²) in [6, 6.07) is 2.68. The average Bonchev–Trinajstić information content (AvgIpc) is 2.01. The van der Waals surface area contributed by atoms with Crippen LogP contribution in [0.1, 0.15) is 21.5 Å². The lowest BCUT2D eigenvalue weighted by atomic mass is 10.0. The third-order valence-electron chi connectivity index (χ3n) is 1.97. The molecule has 0 aliphatic rings. The van der Waals surface area contributed by atoms with Crippen molar-refractivity contribution in [3.8, 4) is 0 Å². The lowest BCUT2D eigenvalue weighted by Gasteiger charge is -2.05. The lowest BCUT2D eigenvalue weighted by Crippen LogP contribution is -2.14. The quantitative estimate of drug-likeness (QED) is 0.568. The van der Waals surface area contributed by atoms with Crippen molar-refractivity contribution in [2.45, 2.75) is 13.8 Å². The van der Waals surface area contributed by atoms with Crippen LogP contribution in [0.2, 0.25) is 0 Å². The minimum absolute atomic E-state index is 0.0231. The van der Waals surface area contributed by atoms with Gasteiger partial charge in [0.05, 0.1) is 4.92 Å². The van der Waals surface area contributed by atoms with Crippen LogP contribution in [0.3, 0.4) is 0 Å². The number of aryl methyl sites for hydroxylation is 2. The Kier molecular flexibility index (Phi) is 2.51. The van der Waals surface area contributed by atoms with Gasteiger partial charge >= 0.3 is 0 Å². The monoisotopic (exact) mass is 194 g/mol. The number of nitrogens with zero attached hydrogens (tertiary/aromatic N) is 1. The molecular weight excluding hydrogens is 184 g/mol. The number of benzene rings is 1. The second-order valence-electron chi connectivity index (χ2n) is 3.08. The Morgan fingerprint density at radius 1 is 1.36 bits per heavy atom. The highest BCUT2D eigenvalue weighted by Crippen LogP contribution is 2.20. The zero-order valence-corrected chi connectivity index (χ0v) is 7.90. The Bertz CT molecular complexity index is 390. The number of nitro benzene ring substituents is 1. The molecule has 0 fully saturated rings. The van der Waals surface area contributed by atoms with Crippen molar-refractivity contribution in [1.82, 2.24) is 0 Å². The summed E-state index contributed by atoms with van der Waals surface area (Å²) in [6.07, 6.45) is 0. The van der Waals surface area contributed by atoms with E-state index in [9.17, 15) is 14.9 Å². The fourth-order valence-electron chi connectivity index (χ4n) is 1.43. The second-order valence-corrected chi connectivity index (χ2v) is 3.08. The highest BCUT2D eigenvalue weighted by atomic mass is 16.6. The van der Waals surface area contributed by atoms with Crippen molar-refractivity contribution in [3.05, 3.63) is 38.9 Å². The Labute approximate surface area is 80.7 Å². The van der Waals surface area contributed by atoms with E-state index in [1.165, 1.54) is 12.1 Å². The van der Waals surface area contributed by atoms with Crippen molar-refractivity contribution >= 4 is 11.6 Å². The van der Waals surface area contributed by atoms with E-state index in [4.69, 9.17) is 5.73 Å². The SMILES string of the molecule is Cc1cc([N+](=O)[O-])cc(C)c1C(N)=O. The van der Waals surface area contributed by atoms with Crippen LogP contribution < -0.4 is 5.73 Å². The second kappa shape index (κ2) is 3.45. The Morgan fingerprint density at radius 2 is 1.79 bits per heavy atom. The maximum atomic E-state index is 11.0. The summed E-state index contributed by atoms with van der Waals surface area (Å²) < 4.78 is 0. The summed E-state index contributed by atoms with van der Waals surface area (Å²) in [5.41, 5.74) is 6.53. The van der Waals surface area contributed by atoms with Crippen LogP contribution in [0, 0.1) is 24.0 Å². The number of carbonyl (C=O) groups excluding carboxylic acids is 1. The Hall–Kier alpha value is -1.91. The molecule has 0 spiro atoms. The molecule has 2 N–H and O–H groups in total. The minimum atomic E-state index is -0.560. The van der Waals surface area contributed by atoms with Gasteiger partial charge < -0.3 is 5.73 Å². The van der Waals surface area contributed by atoms with E-state index in [-0.39, 0.29) is 5.69 Å². The van der Waals surface area contributed by atoms with Crippen LogP contribution in [0.25, 0.3) is 0 Å². The van der Waals surface area contributed by atoms with Gasteiger partial charge in [-0.1, -0.05) is 0 Å². The molecule has 0 aromatic heterocycles. The molecule has 5 nitrogen and oxygen atoms in total. The number of nitro groups is 1. The Morgan fingerprint density at radius 3 is 2.07 bits per heavy atom. The summed E-state index contributed by atoms with van der Waals surface area (Å²) in [4.78, 5) is 21.0. The predicted octanol–water partition coefficient (Wildman–Crippen LogP) is 1.31. The standard InChI is InChI=1S/C9H10N2O3/c1-5-3-7(11(13)14)4-6(2)8(5)9(10)12/h3-4H,1-2H3,(H2,10,12). The molecule has 0 atom stereocenters. The number of carbonyl (C=O) groups is 1. The van der Waals surface area contributed by atoms with Crippen LogP contribution in [0.15, 0.2) is 12.1 Å². The van der Waals surface area contributed by atoms with E-state index in [1.807, 2.05) is 0 Å². The number of amides is 1. The molecule has 1 amide bonds. The van der Waals surface area contributed by atoms with E-state index in [0.29, 0.717) is 16.7 Å². The molecular formula is C9H10N2O3. The molecule has 5 heteroatoms. The first kappa shape index (κ1) is 10.2. The van der Waals surface area contributed by atoms with E-state index in [0.717, 1.165) is 0 Å². The molecule has 1 rings (SSSR count). The maximum absolute atomic E-state index is 11.0. The van der Waals surface area contributed by atoms with Crippen molar-refractivity contribution in [3.63, 3.8) is 0 Å². The van der Waals surface area contributed by atoms with Crippen LogP contribution in [0.4, 0.5) is 5.69 Å². The van der Waals surface area contributed by atoms with Crippen molar-refractivity contribution in [2.24, 2.45) is 5.73 Å². The van der Waals surface area contributed by atoms with Gasteiger partial charge in [0.15, 0.2) is 0 Å². The molecule has 0 bridgehead atoms. The molecule has 0 unspecified atom stereocenters. The van der Waals surface area contributed by atoms with Gasteiger partial charge in [0.2, 0.25) is 5.91 Å². The molecule has 0 aliphatic carbocycles. The first-order valence-electron chi connectivity index (χ1n) is 3.99. The van der Waals surface area contributed by atoms with Crippen molar-refractivity contribution in [1.29, 1.82) is 0 Å². The maximum Gasteiger partial charge on any atom is 0.270 e. The predicted molar refractivity (Wildman–Crippen MR) is 51.1 cm³/mol. The van der Waals surface area contributed by atoms with Gasteiger partial charge in [-0.15, -0.1) is 0 Å². The normalized spacial score (nSPS) is 9.86. The summed E-state index contributed by atoms with van der Waals surface area (Å²) >= 11 is 0. The van der Waals surface area contributed by atoms with Gasteiger partial charge in [-0.25, -0.2) is 0 Å². The first-order chi connectivity index (χ1) is 6.43. The van der Waals surface area contributed by atoms with Gasteiger partial charge in [-0.2, -0.15) is 0 Å². The molecule has 0 saturated heterocycles. The third kappa shape index (κ3) is 1.71. The van der Waals surface area contributed by atoms with Crippen LogP contribution in [-0.2, 0) is 0 Å². The molecule has 14 heavy (non-hydrogen) atoms. The topological polar surface area (TPSA) is 86.2 Å². The number of primary amides is 1. The van der Waals surface area contributed by atoms with Crippen LogP contribution in [-0.4, -0.2) is 10.8 Å². The summed E-state index contributed by atoms with van der Waals surface area (Å²) in [5.74, 6) is -0.560. The molecule has 74 valence electrons. The molecule has 0 saturated carbocycles. The van der Waals surface area contributed by atoms with Gasteiger partial charge in [0.25, 0.3) is 5.69 Å².